The number of halogens is 1. The Morgan fingerprint density at radius 3 is 2.78 bits per heavy atom. The van der Waals surface area contributed by atoms with Crippen LogP contribution in [-0.2, 0) is 4.79 Å². The molecule has 0 saturated heterocycles. The third-order valence-corrected chi connectivity index (χ3v) is 2.30. The number of rotatable bonds is 3. The molecule has 0 fully saturated rings. The van der Waals surface area contributed by atoms with Gasteiger partial charge in [-0.25, -0.2) is 9.18 Å². The second-order valence-electron chi connectivity index (χ2n) is 3.61. The van der Waals surface area contributed by atoms with Gasteiger partial charge in [-0.15, -0.1) is 0 Å². The van der Waals surface area contributed by atoms with Crippen molar-refractivity contribution in [3.63, 3.8) is 0 Å². The van der Waals surface area contributed by atoms with E-state index in [1.54, 1.807) is 12.1 Å². The van der Waals surface area contributed by atoms with Gasteiger partial charge in [-0.05, 0) is 36.4 Å². The zero-order chi connectivity index (χ0) is 13.1. The Kier molecular flexibility index (Phi) is 3.14. The molecular formula is C13H10FNO3. The number of aliphatic carboxylic acids is 1. The molecule has 0 aliphatic rings. The van der Waals surface area contributed by atoms with Crippen molar-refractivity contribution in [3.05, 3.63) is 48.0 Å². The molecule has 4 nitrogen and oxygen atoms in total. The fraction of sp³-hybridized carbons (Fsp3) is 0. The lowest BCUT2D eigenvalue weighted by molar-refractivity contribution is -0.131. The number of hydrogen-bond acceptors (Lipinski definition) is 3. The van der Waals surface area contributed by atoms with Gasteiger partial charge in [-0.3, -0.25) is 0 Å². The van der Waals surface area contributed by atoms with Crippen LogP contribution in [-0.4, -0.2) is 11.1 Å². The topological polar surface area (TPSA) is 76.5 Å². The summed E-state index contributed by atoms with van der Waals surface area (Å²) in [5, 5.41) is 8.48. The first kappa shape index (κ1) is 11.9. The predicted octanol–water partition coefficient (Wildman–Crippen LogP) is 2.77. The Balaban J connectivity index is 2.29. The average Bonchev–Trinajstić information content (AvgIpc) is 2.79. The van der Waals surface area contributed by atoms with Crippen molar-refractivity contribution in [2.45, 2.75) is 0 Å². The van der Waals surface area contributed by atoms with Crippen LogP contribution in [0, 0.1) is 5.82 Å². The zero-order valence-electron chi connectivity index (χ0n) is 9.26. The highest BCUT2D eigenvalue weighted by atomic mass is 19.1. The minimum Gasteiger partial charge on any atom is -0.478 e. The molecule has 0 aliphatic carbocycles. The summed E-state index contributed by atoms with van der Waals surface area (Å²) in [6.07, 6.45) is 2.31. The third-order valence-electron chi connectivity index (χ3n) is 2.30. The number of carbonyl (C=O) groups is 1. The molecule has 92 valence electrons. The van der Waals surface area contributed by atoms with Crippen LogP contribution in [0.3, 0.4) is 0 Å². The maximum Gasteiger partial charge on any atom is 0.328 e. The lowest BCUT2D eigenvalue weighted by atomic mass is 10.1. The monoisotopic (exact) mass is 247 g/mol. The first-order valence-corrected chi connectivity index (χ1v) is 5.12. The summed E-state index contributed by atoms with van der Waals surface area (Å²) in [7, 11) is 0. The van der Waals surface area contributed by atoms with Crippen molar-refractivity contribution in [3.8, 4) is 11.3 Å². The van der Waals surface area contributed by atoms with Crippen molar-refractivity contribution < 1.29 is 18.7 Å². The number of furan rings is 1. The van der Waals surface area contributed by atoms with E-state index in [0.717, 1.165) is 6.08 Å². The second-order valence-corrected chi connectivity index (χ2v) is 3.61. The number of carboxylic acid groups (broad SMARTS) is 1. The van der Waals surface area contributed by atoms with Crippen molar-refractivity contribution in [1.29, 1.82) is 0 Å². The van der Waals surface area contributed by atoms with Gasteiger partial charge in [0.25, 0.3) is 0 Å². The van der Waals surface area contributed by atoms with Crippen LogP contribution in [0.1, 0.15) is 5.76 Å². The Bertz CT molecular complexity index is 616. The maximum absolute atomic E-state index is 13.0. The number of benzene rings is 1. The van der Waals surface area contributed by atoms with Crippen LogP contribution >= 0.6 is 0 Å². The molecule has 3 N–H and O–H groups in total. The number of carboxylic acids is 1. The number of nitrogens with two attached hydrogens (primary N) is 1. The van der Waals surface area contributed by atoms with E-state index in [-0.39, 0.29) is 5.69 Å². The number of nitrogen functional groups attached to an aromatic ring is 1. The normalized spacial score (nSPS) is 10.9. The molecule has 2 rings (SSSR count). The van der Waals surface area contributed by atoms with E-state index in [9.17, 15) is 9.18 Å². The molecule has 1 aromatic carbocycles. The molecule has 2 aromatic rings. The van der Waals surface area contributed by atoms with Crippen LogP contribution in [0.4, 0.5) is 10.1 Å². The first-order chi connectivity index (χ1) is 8.56. The van der Waals surface area contributed by atoms with Gasteiger partial charge >= 0.3 is 5.97 Å². The molecule has 18 heavy (non-hydrogen) atoms. The molecular weight excluding hydrogens is 237 g/mol. The Hall–Kier alpha value is -2.56. The van der Waals surface area contributed by atoms with E-state index < -0.39 is 11.8 Å². The molecule has 0 saturated carbocycles. The van der Waals surface area contributed by atoms with E-state index in [4.69, 9.17) is 15.3 Å². The maximum atomic E-state index is 13.0. The van der Waals surface area contributed by atoms with Gasteiger partial charge in [0.1, 0.15) is 17.3 Å². The van der Waals surface area contributed by atoms with Gasteiger partial charge in [0, 0.05) is 11.6 Å². The third kappa shape index (κ3) is 2.57. The largest absolute Gasteiger partial charge is 0.478 e. The van der Waals surface area contributed by atoms with Crippen LogP contribution < -0.4 is 5.73 Å². The quantitative estimate of drug-likeness (QED) is 0.645. The van der Waals surface area contributed by atoms with Gasteiger partial charge in [-0.2, -0.15) is 0 Å². The predicted molar refractivity (Wildman–Crippen MR) is 65.2 cm³/mol. The lowest BCUT2D eigenvalue weighted by Crippen LogP contribution is -1.90. The van der Waals surface area contributed by atoms with Crippen molar-refractivity contribution in [2.24, 2.45) is 0 Å². The number of anilines is 1. The van der Waals surface area contributed by atoms with Crippen molar-refractivity contribution in [1.82, 2.24) is 0 Å². The molecule has 0 bridgehead atoms. The molecule has 0 atom stereocenters. The van der Waals surface area contributed by atoms with Crippen molar-refractivity contribution >= 4 is 17.7 Å². The average molecular weight is 247 g/mol. The summed E-state index contributed by atoms with van der Waals surface area (Å²) in [6.45, 7) is 0. The summed E-state index contributed by atoms with van der Waals surface area (Å²) in [6, 6.07) is 7.52. The van der Waals surface area contributed by atoms with Gasteiger partial charge in [0.2, 0.25) is 0 Å². The minimum atomic E-state index is -1.06. The van der Waals surface area contributed by atoms with Gasteiger partial charge < -0.3 is 15.3 Å². The number of hydrogen-bond donors (Lipinski definition) is 2. The van der Waals surface area contributed by atoms with E-state index in [1.807, 2.05) is 0 Å². The molecule has 1 heterocycles. The van der Waals surface area contributed by atoms with Crippen LogP contribution in [0.25, 0.3) is 17.4 Å². The molecule has 0 radical (unpaired) electrons. The van der Waals surface area contributed by atoms with E-state index in [0.29, 0.717) is 17.1 Å². The zero-order valence-corrected chi connectivity index (χ0v) is 9.26. The molecule has 0 amide bonds. The molecule has 0 unspecified atom stereocenters. The van der Waals surface area contributed by atoms with Crippen LogP contribution in [0.5, 0.6) is 0 Å². The Labute approximate surface area is 102 Å². The second kappa shape index (κ2) is 4.75. The standard InChI is InChI=1S/C13H10FNO3/c14-10-4-1-8(7-11(10)15)12-5-2-9(18-12)3-6-13(16)17/h1-7H,15H2,(H,16,17)/b6-3+. The highest BCUT2D eigenvalue weighted by Gasteiger charge is 2.06. The summed E-state index contributed by atoms with van der Waals surface area (Å²) < 4.78 is 18.4. The fourth-order valence-electron chi connectivity index (χ4n) is 1.45. The van der Waals surface area contributed by atoms with E-state index >= 15 is 0 Å². The summed E-state index contributed by atoms with van der Waals surface area (Å²) in [5.74, 6) is -0.655. The van der Waals surface area contributed by atoms with Crippen LogP contribution in [0.15, 0.2) is 40.8 Å². The van der Waals surface area contributed by atoms with Gasteiger partial charge in [-0.1, -0.05) is 0 Å². The lowest BCUT2D eigenvalue weighted by Gasteiger charge is -1.99. The van der Waals surface area contributed by atoms with Crippen molar-refractivity contribution in [2.75, 3.05) is 5.73 Å². The van der Waals surface area contributed by atoms with Gasteiger partial charge in [0.05, 0.1) is 5.69 Å². The van der Waals surface area contributed by atoms with Crippen LogP contribution in [0.2, 0.25) is 0 Å². The molecule has 5 heteroatoms. The highest BCUT2D eigenvalue weighted by molar-refractivity contribution is 5.84. The first-order valence-electron chi connectivity index (χ1n) is 5.12. The van der Waals surface area contributed by atoms with E-state index in [1.165, 1.54) is 24.3 Å². The highest BCUT2D eigenvalue weighted by Crippen LogP contribution is 2.25. The SMILES string of the molecule is Nc1cc(-c2ccc(/C=C/C(=O)O)o2)ccc1F. The molecule has 0 aliphatic heterocycles. The smallest absolute Gasteiger partial charge is 0.328 e. The fourth-order valence-corrected chi connectivity index (χ4v) is 1.45. The van der Waals surface area contributed by atoms with Gasteiger partial charge in [0.15, 0.2) is 0 Å². The molecule has 1 aromatic heterocycles. The molecule has 0 spiro atoms. The Morgan fingerprint density at radius 1 is 1.33 bits per heavy atom. The summed E-state index contributed by atoms with van der Waals surface area (Å²) in [4.78, 5) is 10.3. The summed E-state index contributed by atoms with van der Waals surface area (Å²) >= 11 is 0. The minimum absolute atomic E-state index is 0.0338. The summed E-state index contributed by atoms with van der Waals surface area (Å²) in [5.41, 5.74) is 6.12. The van der Waals surface area contributed by atoms with E-state index in [2.05, 4.69) is 0 Å². The Morgan fingerprint density at radius 2 is 2.11 bits per heavy atom.